The van der Waals surface area contributed by atoms with Gasteiger partial charge in [0.15, 0.2) is 0 Å². The van der Waals surface area contributed by atoms with Crippen LogP contribution in [0.2, 0.25) is 0 Å². The molecule has 0 aliphatic heterocycles. The number of fused-ring (bicyclic) bond motifs is 1. The minimum Gasteiger partial charge on any atom is -0.379 e. The Hall–Kier alpha value is -2.47. The summed E-state index contributed by atoms with van der Waals surface area (Å²) in [5.74, 6) is -0.0137. The van der Waals surface area contributed by atoms with Gasteiger partial charge in [-0.25, -0.2) is 0 Å². The zero-order valence-electron chi connectivity index (χ0n) is 14.1. The summed E-state index contributed by atoms with van der Waals surface area (Å²) in [5.41, 5.74) is 4.54. The van der Waals surface area contributed by atoms with E-state index in [9.17, 15) is 4.79 Å². The molecule has 0 bridgehead atoms. The van der Waals surface area contributed by atoms with E-state index < -0.39 is 0 Å². The van der Waals surface area contributed by atoms with E-state index in [1.807, 2.05) is 50.2 Å². The third-order valence-electron chi connectivity index (χ3n) is 3.77. The lowest BCUT2D eigenvalue weighted by atomic mass is 10.1. The van der Waals surface area contributed by atoms with Crippen LogP contribution in [0.15, 0.2) is 53.3 Å². The molecule has 0 aliphatic carbocycles. The quantitative estimate of drug-likeness (QED) is 0.658. The minimum absolute atomic E-state index is 0.0198. The topological polar surface area (TPSA) is 66.9 Å². The van der Waals surface area contributed by atoms with Crippen LogP contribution in [-0.2, 0) is 11.3 Å². The molecule has 25 heavy (non-hydrogen) atoms. The Morgan fingerprint density at radius 2 is 1.92 bits per heavy atom. The van der Waals surface area contributed by atoms with Crippen LogP contribution in [0.1, 0.15) is 19.4 Å². The first kappa shape index (κ1) is 17.4. The van der Waals surface area contributed by atoms with Crippen LogP contribution >= 0.6 is 15.9 Å². The van der Waals surface area contributed by atoms with Crippen molar-refractivity contribution < 1.29 is 4.79 Å². The van der Waals surface area contributed by atoms with E-state index >= 15 is 0 Å². The monoisotopic (exact) mass is 398 g/mol. The molecule has 5 nitrogen and oxygen atoms in total. The summed E-state index contributed by atoms with van der Waals surface area (Å²) in [6.07, 6.45) is 3.53. The average molecular weight is 399 g/mol. The molecule has 0 fully saturated rings. The van der Waals surface area contributed by atoms with Crippen LogP contribution in [0.25, 0.3) is 11.0 Å². The van der Waals surface area contributed by atoms with Crippen LogP contribution in [0.3, 0.4) is 0 Å². The van der Waals surface area contributed by atoms with Crippen molar-refractivity contribution in [2.75, 3.05) is 10.6 Å². The fraction of sp³-hybridized carbons (Fsp3) is 0.211. The van der Waals surface area contributed by atoms with E-state index in [0.29, 0.717) is 6.54 Å². The maximum Gasteiger partial charge on any atom is 0.226 e. The highest BCUT2D eigenvalue weighted by atomic mass is 79.9. The van der Waals surface area contributed by atoms with Gasteiger partial charge in [0.05, 0.1) is 11.2 Å². The van der Waals surface area contributed by atoms with Crippen LogP contribution in [0.5, 0.6) is 0 Å². The molecular formula is C19H19BrN4O. The first-order valence-corrected chi connectivity index (χ1v) is 8.86. The molecule has 2 N–H and O–H groups in total. The predicted molar refractivity (Wildman–Crippen MR) is 104 cm³/mol. The molecular weight excluding hydrogens is 380 g/mol. The molecule has 0 atom stereocenters. The molecule has 128 valence electrons. The lowest BCUT2D eigenvalue weighted by Crippen LogP contribution is -2.17. The van der Waals surface area contributed by atoms with Crippen molar-refractivity contribution in [3.05, 3.63) is 58.8 Å². The molecule has 6 heteroatoms. The second-order valence-electron chi connectivity index (χ2n) is 6.07. The number of nitrogens with one attached hydrogen (secondary N) is 2. The van der Waals surface area contributed by atoms with E-state index in [1.54, 1.807) is 12.4 Å². The molecule has 3 rings (SSSR count). The second kappa shape index (κ2) is 7.61. The first-order valence-electron chi connectivity index (χ1n) is 8.07. The van der Waals surface area contributed by atoms with Crippen LogP contribution < -0.4 is 10.6 Å². The molecule has 3 aromatic rings. The molecule has 0 radical (unpaired) electrons. The molecule has 0 saturated carbocycles. The Morgan fingerprint density at radius 3 is 2.64 bits per heavy atom. The summed E-state index contributed by atoms with van der Waals surface area (Å²) in [7, 11) is 0. The van der Waals surface area contributed by atoms with E-state index in [-0.39, 0.29) is 11.8 Å². The highest BCUT2D eigenvalue weighted by molar-refractivity contribution is 9.10. The maximum atomic E-state index is 11.7. The van der Waals surface area contributed by atoms with Crippen molar-refractivity contribution >= 4 is 44.2 Å². The molecule has 0 aliphatic rings. The number of carbonyl (C=O) groups is 1. The van der Waals surface area contributed by atoms with Gasteiger partial charge in [-0.2, -0.15) is 0 Å². The van der Waals surface area contributed by atoms with E-state index in [1.165, 1.54) is 0 Å². The SMILES string of the molecule is CC(C)C(=O)Nc1ccc(CNc2ccnc3cc(Br)cnc23)cc1. The number of aromatic nitrogens is 2. The number of anilines is 2. The van der Waals surface area contributed by atoms with Gasteiger partial charge < -0.3 is 10.6 Å². The molecule has 1 aromatic carbocycles. The summed E-state index contributed by atoms with van der Waals surface area (Å²) >= 11 is 3.41. The number of hydrogen-bond donors (Lipinski definition) is 2. The first-order chi connectivity index (χ1) is 12.0. The Morgan fingerprint density at radius 1 is 1.16 bits per heavy atom. The number of rotatable bonds is 5. The number of halogens is 1. The molecule has 0 saturated heterocycles. The van der Waals surface area contributed by atoms with Gasteiger partial charge in [-0.3, -0.25) is 14.8 Å². The fourth-order valence-electron chi connectivity index (χ4n) is 2.34. The molecule has 2 aromatic heterocycles. The lowest BCUT2D eigenvalue weighted by Gasteiger charge is -2.11. The van der Waals surface area contributed by atoms with Crippen LogP contribution in [0, 0.1) is 5.92 Å². The molecule has 0 spiro atoms. The second-order valence-corrected chi connectivity index (χ2v) is 6.99. The van der Waals surface area contributed by atoms with Crippen molar-refractivity contribution in [2.45, 2.75) is 20.4 Å². The number of pyridine rings is 2. The number of hydrogen-bond acceptors (Lipinski definition) is 4. The maximum absolute atomic E-state index is 11.7. The normalized spacial score (nSPS) is 10.9. The summed E-state index contributed by atoms with van der Waals surface area (Å²) in [5, 5.41) is 6.29. The Bertz CT molecular complexity index is 894. The zero-order chi connectivity index (χ0) is 17.8. The average Bonchev–Trinajstić information content (AvgIpc) is 2.60. The highest BCUT2D eigenvalue weighted by Gasteiger charge is 2.07. The molecule has 1 amide bonds. The number of nitrogens with zero attached hydrogens (tertiary/aromatic N) is 2. The van der Waals surface area contributed by atoms with Gasteiger partial charge in [-0.1, -0.05) is 26.0 Å². The van der Waals surface area contributed by atoms with Gasteiger partial charge in [0.25, 0.3) is 0 Å². The highest BCUT2D eigenvalue weighted by Crippen LogP contribution is 2.22. The van der Waals surface area contributed by atoms with Gasteiger partial charge >= 0.3 is 0 Å². The summed E-state index contributed by atoms with van der Waals surface area (Å²) in [4.78, 5) is 20.5. The number of carbonyl (C=O) groups excluding carboxylic acids is 1. The Balaban J connectivity index is 1.69. The van der Waals surface area contributed by atoms with Crippen molar-refractivity contribution in [3.63, 3.8) is 0 Å². The van der Waals surface area contributed by atoms with Gasteiger partial charge in [-0.15, -0.1) is 0 Å². The van der Waals surface area contributed by atoms with Crippen molar-refractivity contribution in [1.82, 2.24) is 9.97 Å². The summed E-state index contributed by atoms with van der Waals surface area (Å²) in [6.45, 7) is 4.41. The predicted octanol–water partition coefficient (Wildman–Crippen LogP) is 4.60. The van der Waals surface area contributed by atoms with Crippen molar-refractivity contribution in [2.24, 2.45) is 5.92 Å². The van der Waals surface area contributed by atoms with Crippen molar-refractivity contribution in [1.29, 1.82) is 0 Å². The third kappa shape index (κ3) is 4.33. The smallest absolute Gasteiger partial charge is 0.226 e. The lowest BCUT2D eigenvalue weighted by molar-refractivity contribution is -0.118. The molecule has 0 unspecified atom stereocenters. The summed E-state index contributed by atoms with van der Waals surface area (Å²) < 4.78 is 0.906. The third-order valence-corrected chi connectivity index (χ3v) is 4.21. The number of amides is 1. The number of benzene rings is 1. The fourth-order valence-corrected chi connectivity index (χ4v) is 2.66. The van der Waals surface area contributed by atoms with Crippen LogP contribution in [0.4, 0.5) is 11.4 Å². The Kier molecular flexibility index (Phi) is 5.28. The van der Waals surface area contributed by atoms with E-state index in [4.69, 9.17) is 0 Å². The zero-order valence-corrected chi connectivity index (χ0v) is 15.7. The minimum atomic E-state index is -0.0335. The van der Waals surface area contributed by atoms with Gasteiger partial charge in [0.2, 0.25) is 5.91 Å². The van der Waals surface area contributed by atoms with Crippen LogP contribution in [-0.4, -0.2) is 15.9 Å². The van der Waals surface area contributed by atoms with Gasteiger partial charge in [0, 0.05) is 35.0 Å². The van der Waals surface area contributed by atoms with Gasteiger partial charge in [0.1, 0.15) is 5.52 Å². The molecule has 2 heterocycles. The van der Waals surface area contributed by atoms with E-state index in [2.05, 4.69) is 36.5 Å². The van der Waals surface area contributed by atoms with Gasteiger partial charge in [-0.05, 0) is 45.8 Å². The summed E-state index contributed by atoms with van der Waals surface area (Å²) in [6, 6.07) is 11.7. The largest absolute Gasteiger partial charge is 0.379 e. The Labute approximate surface area is 155 Å². The van der Waals surface area contributed by atoms with E-state index in [0.717, 1.165) is 32.4 Å². The van der Waals surface area contributed by atoms with Crippen molar-refractivity contribution in [3.8, 4) is 0 Å². The standard InChI is InChI=1S/C19H19BrN4O/c1-12(2)19(25)24-15-5-3-13(4-6-15)10-22-16-7-8-21-17-9-14(20)11-23-18(16)17/h3-9,11-12H,10H2,1-2H3,(H,21,22)(H,24,25).